The van der Waals surface area contributed by atoms with Gasteiger partial charge in [0.15, 0.2) is 11.5 Å². The van der Waals surface area contributed by atoms with Crippen LogP contribution >= 0.6 is 15.9 Å². The number of carbonyl (C=O) groups is 1. The molecule has 0 spiro atoms. The van der Waals surface area contributed by atoms with Gasteiger partial charge >= 0.3 is 0 Å². The van der Waals surface area contributed by atoms with E-state index in [0.29, 0.717) is 12.2 Å². The maximum Gasteiger partial charge on any atom is 0.174 e. The molecule has 1 N–H and O–H groups in total. The molecule has 1 aromatic rings. The second-order valence-corrected chi connectivity index (χ2v) is 4.57. The van der Waals surface area contributed by atoms with Crippen molar-refractivity contribution in [2.75, 3.05) is 7.11 Å². The molecular weight excluding hydrogens is 272 g/mol. The molecule has 0 aromatic heterocycles. The van der Waals surface area contributed by atoms with Crippen LogP contribution < -0.4 is 4.74 Å². The van der Waals surface area contributed by atoms with Crippen LogP contribution in [0.5, 0.6) is 11.5 Å². The monoisotopic (exact) mass is 286 g/mol. The van der Waals surface area contributed by atoms with Crippen molar-refractivity contribution < 1.29 is 14.6 Å². The number of halogens is 1. The number of methoxy groups -OCH3 is 1. The summed E-state index contributed by atoms with van der Waals surface area (Å²) in [6.07, 6.45) is 1.35. The molecule has 0 saturated carbocycles. The van der Waals surface area contributed by atoms with Crippen molar-refractivity contribution in [3.05, 3.63) is 21.7 Å². The van der Waals surface area contributed by atoms with Gasteiger partial charge in [0.05, 0.1) is 11.6 Å². The van der Waals surface area contributed by atoms with E-state index in [1.54, 1.807) is 6.07 Å². The number of aldehydes is 1. The number of carbonyl (C=O) groups excluding carboxylic acids is 1. The van der Waals surface area contributed by atoms with Gasteiger partial charge in [0.25, 0.3) is 0 Å². The number of phenolic OH excluding ortho intramolecular Hbond substituents is 1. The van der Waals surface area contributed by atoms with Crippen LogP contribution in [0.2, 0.25) is 0 Å². The summed E-state index contributed by atoms with van der Waals surface area (Å²) in [5.74, 6) is 0.619. The number of aromatic hydroxyl groups is 1. The Balaban J connectivity index is 3.32. The number of benzene rings is 1. The third kappa shape index (κ3) is 2.38. The first kappa shape index (κ1) is 13.0. The van der Waals surface area contributed by atoms with Crippen molar-refractivity contribution in [1.82, 2.24) is 0 Å². The number of phenols is 1. The van der Waals surface area contributed by atoms with Crippen molar-refractivity contribution in [2.24, 2.45) is 0 Å². The van der Waals surface area contributed by atoms with Crippen LogP contribution in [0, 0.1) is 6.92 Å². The van der Waals surface area contributed by atoms with E-state index in [0.717, 1.165) is 21.9 Å². The average molecular weight is 287 g/mol. The zero-order chi connectivity index (χ0) is 12.3. The first-order chi connectivity index (χ1) is 7.52. The number of ether oxygens (including phenoxy) is 1. The molecule has 4 heteroatoms. The number of aryl methyl sites for hydroxylation is 1. The molecule has 1 unspecified atom stereocenters. The molecule has 3 nitrogen and oxygen atoms in total. The Morgan fingerprint density at radius 3 is 2.75 bits per heavy atom. The minimum absolute atomic E-state index is 0.0985. The topological polar surface area (TPSA) is 46.5 Å². The van der Waals surface area contributed by atoms with Gasteiger partial charge in [-0.15, -0.1) is 0 Å². The summed E-state index contributed by atoms with van der Waals surface area (Å²) in [4.78, 5) is 10.5. The molecule has 0 aliphatic carbocycles. The molecule has 1 aromatic carbocycles. The van der Waals surface area contributed by atoms with Gasteiger partial charge in [-0.25, -0.2) is 0 Å². The van der Waals surface area contributed by atoms with Crippen molar-refractivity contribution in [2.45, 2.75) is 26.2 Å². The van der Waals surface area contributed by atoms with Crippen LogP contribution in [0.1, 0.15) is 30.4 Å². The summed E-state index contributed by atoms with van der Waals surface area (Å²) in [5.41, 5.74) is 1.95. The fourth-order valence-corrected chi connectivity index (χ4v) is 2.89. The third-order valence-corrected chi connectivity index (χ3v) is 3.38. The largest absolute Gasteiger partial charge is 0.504 e. The zero-order valence-corrected chi connectivity index (χ0v) is 11.2. The fraction of sp³-hybridized carbons (Fsp3) is 0.417. The predicted octanol–water partition coefficient (Wildman–Crippen LogP) is 3.16. The lowest BCUT2D eigenvalue weighted by atomic mass is 9.93. The summed E-state index contributed by atoms with van der Waals surface area (Å²) in [7, 11) is 1.50. The van der Waals surface area contributed by atoms with Crippen LogP contribution in [0.25, 0.3) is 0 Å². The summed E-state index contributed by atoms with van der Waals surface area (Å²) in [6, 6.07) is 1.65. The predicted molar refractivity (Wildman–Crippen MR) is 66.2 cm³/mol. The molecule has 0 fully saturated rings. The highest BCUT2D eigenvalue weighted by Gasteiger charge is 2.18. The smallest absolute Gasteiger partial charge is 0.174 e. The van der Waals surface area contributed by atoms with E-state index < -0.39 is 0 Å². The van der Waals surface area contributed by atoms with Gasteiger partial charge in [-0.05, 0) is 46.0 Å². The lowest BCUT2D eigenvalue weighted by Gasteiger charge is -2.17. The minimum atomic E-state index is 0.0985. The molecule has 0 radical (unpaired) electrons. The van der Waals surface area contributed by atoms with Gasteiger partial charge in [0.2, 0.25) is 0 Å². The number of hydrogen-bond acceptors (Lipinski definition) is 3. The molecule has 0 bridgehead atoms. The maximum absolute atomic E-state index is 10.5. The van der Waals surface area contributed by atoms with E-state index in [-0.39, 0.29) is 11.7 Å². The number of rotatable bonds is 4. The molecule has 1 atom stereocenters. The van der Waals surface area contributed by atoms with E-state index in [1.807, 2.05) is 13.8 Å². The van der Waals surface area contributed by atoms with Crippen molar-refractivity contribution in [3.8, 4) is 11.5 Å². The van der Waals surface area contributed by atoms with E-state index in [1.165, 1.54) is 7.11 Å². The lowest BCUT2D eigenvalue weighted by Crippen LogP contribution is -2.01. The van der Waals surface area contributed by atoms with E-state index in [9.17, 15) is 9.90 Å². The summed E-state index contributed by atoms with van der Waals surface area (Å²) in [6.45, 7) is 3.87. The van der Waals surface area contributed by atoms with Crippen LogP contribution in [0.4, 0.5) is 0 Å². The Hall–Kier alpha value is -1.03. The molecular formula is C12H15BrO3. The SMILES string of the molecule is COc1c(O)cc(C)c(C(C)CC=O)c1Br. The highest BCUT2D eigenvalue weighted by Crippen LogP contribution is 2.42. The third-order valence-electron chi connectivity index (χ3n) is 2.59. The zero-order valence-electron chi connectivity index (χ0n) is 9.58. The Bertz CT molecular complexity index is 402. The van der Waals surface area contributed by atoms with Gasteiger partial charge in [-0.1, -0.05) is 6.92 Å². The van der Waals surface area contributed by atoms with Crippen molar-refractivity contribution >= 4 is 22.2 Å². The van der Waals surface area contributed by atoms with Crippen LogP contribution in [0.3, 0.4) is 0 Å². The molecule has 0 heterocycles. The normalized spacial score (nSPS) is 12.2. The average Bonchev–Trinajstić information content (AvgIpc) is 2.17. The molecule has 0 amide bonds. The van der Waals surface area contributed by atoms with Crippen molar-refractivity contribution in [3.63, 3.8) is 0 Å². The maximum atomic E-state index is 10.5. The number of hydrogen-bond donors (Lipinski definition) is 1. The standard InChI is InChI=1S/C12H15BrO3/c1-7(4-5-14)10-8(2)6-9(15)12(16-3)11(10)13/h5-7,15H,4H2,1-3H3. The summed E-state index contributed by atoms with van der Waals surface area (Å²) in [5, 5.41) is 9.68. The first-order valence-electron chi connectivity index (χ1n) is 5.02. The van der Waals surface area contributed by atoms with Gasteiger partial charge < -0.3 is 14.6 Å². The summed E-state index contributed by atoms with van der Waals surface area (Å²) >= 11 is 3.41. The van der Waals surface area contributed by atoms with Crippen LogP contribution in [0.15, 0.2) is 10.5 Å². The van der Waals surface area contributed by atoms with E-state index in [2.05, 4.69) is 15.9 Å². The fourth-order valence-electron chi connectivity index (χ4n) is 1.82. The summed E-state index contributed by atoms with van der Waals surface area (Å²) < 4.78 is 5.84. The lowest BCUT2D eigenvalue weighted by molar-refractivity contribution is -0.108. The van der Waals surface area contributed by atoms with Crippen LogP contribution in [-0.4, -0.2) is 18.5 Å². The molecule has 0 saturated heterocycles. The van der Waals surface area contributed by atoms with Gasteiger partial charge in [-0.3, -0.25) is 0 Å². The van der Waals surface area contributed by atoms with Gasteiger partial charge in [0, 0.05) is 6.42 Å². The minimum Gasteiger partial charge on any atom is -0.504 e. The molecule has 0 aliphatic heterocycles. The second-order valence-electron chi connectivity index (χ2n) is 3.78. The molecule has 88 valence electrons. The Morgan fingerprint density at radius 1 is 1.62 bits per heavy atom. The molecule has 0 aliphatic rings. The molecule has 1 rings (SSSR count). The van der Waals surface area contributed by atoms with Gasteiger partial charge in [0.1, 0.15) is 6.29 Å². The van der Waals surface area contributed by atoms with Crippen LogP contribution in [-0.2, 0) is 4.79 Å². The first-order valence-corrected chi connectivity index (χ1v) is 5.81. The van der Waals surface area contributed by atoms with E-state index in [4.69, 9.17) is 4.74 Å². The Morgan fingerprint density at radius 2 is 2.25 bits per heavy atom. The highest BCUT2D eigenvalue weighted by atomic mass is 79.9. The Labute approximate surface area is 104 Å². The van der Waals surface area contributed by atoms with E-state index >= 15 is 0 Å². The Kier molecular flexibility index (Phi) is 4.35. The quantitative estimate of drug-likeness (QED) is 0.865. The van der Waals surface area contributed by atoms with Crippen molar-refractivity contribution in [1.29, 1.82) is 0 Å². The molecule has 16 heavy (non-hydrogen) atoms. The second kappa shape index (κ2) is 5.34. The highest BCUT2D eigenvalue weighted by molar-refractivity contribution is 9.10. The van der Waals surface area contributed by atoms with Gasteiger partial charge in [-0.2, -0.15) is 0 Å².